The Hall–Kier alpha value is -2.07. The Kier molecular flexibility index (Phi) is 4.53. The lowest BCUT2D eigenvalue weighted by atomic mass is 10.0. The first kappa shape index (κ1) is 15.8. The summed E-state index contributed by atoms with van der Waals surface area (Å²) in [5, 5.41) is 0. The average Bonchev–Trinajstić information content (AvgIpc) is 2.52. The fourth-order valence-corrected chi connectivity index (χ4v) is 2.95. The maximum absolute atomic E-state index is 6.16. The zero-order chi connectivity index (χ0) is 16.4. The van der Waals surface area contributed by atoms with Gasteiger partial charge >= 0.3 is 0 Å². The number of rotatable bonds is 5. The van der Waals surface area contributed by atoms with Crippen LogP contribution in [-0.4, -0.2) is 43.2 Å². The van der Waals surface area contributed by atoms with Gasteiger partial charge in [-0.25, -0.2) is 0 Å². The molecule has 2 heterocycles. The summed E-state index contributed by atoms with van der Waals surface area (Å²) in [6.07, 6.45) is 1.19. The van der Waals surface area contributed by atoms with Crippen molar-refractivity contribution in [3.8, 4) is 22.8 Å². The molecule has 0 spiro atoms. The molecule has 0 bridgehead atoms. The van der Waals surface area contributed by atoms with Crippen molar-refractivity contribution in [1.82, 2.24) is 9.88 Å². The van der Waals surface area contributed by atoms with Gasteiger partial charge in [-0.1, -0.05) is 13.0 Å². The number of aryl methyl sites for hydroxylation is 2. The van der Waals surface area contributed by atoms with Crippen molar-refractivity contribution in [3.63, 3.8) is 0 Å². The molecule has 4 nitrogen and oxygen atoms in total. The van der Waals surface area contributed by atoms with E-state index in [2.05, 4.69) is 29.9 Å². The maximum atomic E-state index is 6.16. The van der Waals surface area contributed by atoms with Crippen LogP contribution in [0.5, 0.6) is 11.5 Å². The minimum Gasteiger partial charge on any atom is -0.496 e. The normalized spacial score (nSPS) is 15.3. The zero-order valence-corrected chi connectivity index (χ0v) is 14.3. The Morgan fingerprint density at radius 3 is 2.61 bits per heavy atom. The van der Waals surface area contributed by atoms with Crippen molar-refractivity contribution in [1.29, 1.82) is 0 Å². The molecule has 122 valence electrons. The molecule has 0 aliphatic carbocycles. The summed E-state index contributed by atoms with van der Waals surface area (Å²) in [7, 11) is 3.80. The highest BCUT2D eigenvalue weighted by atomic mass is 16.5. The first-order chi connectivity index (χ1) is 11.1. The Labute approximate surface area is 138 Å². The maximum Gasteiger partial charge on any atom is 0.131 e. The van der Waals surface area contributed by atoms with Crippen LogP contribution < -0.4 is 9.47 Å². The third-order valence-corrected chi connectivity index (χ3v) is 4.25. The molecule has 23 heavy (non-hydrogen) atoms. The van der Waals surface area contributed by atoms with Crippen molar-refractivity contribution >= 4 is 0 Å². The summed E-state index contributed by atoms with van der Waals surface area (Å²) in [4.78, 5) is 6.88. The van der Waals surface area contributed by atoms with Crippen LogP contribution in [0.25, 0.3) is 11.3 Å². The van der Waals surface area contributed by atoms with Gasteiger partial charge in [-0.05, 0) is 44.2 Å². The van der Waals surface area contributed by atoms with Gasteiger partial charge in [0.05, 0.1) is 12.8 Å². The van der Waals surface area contributed by atoms with E-state index in [1.807, 2.05) is 31.2 Å². The van der Waals surface area contributed by atoms with Crippen molar-refractivity contribution in [2.45, 2.75) is 26.4 Å². The highest BCUT2D eigenvalue weighted by Gasteiger charge is 2.26. The molecule has 4 heteroatoms. The van der Waals surface area contributed by atoms with Crippen LogP contribution in [-0.2, 0) is 6.42 Å². The molecular formula is C19H24N2O2. The molecule has 0 atom stereocenters. The molecule has 0 unspecified atom stereocenters. The molecule has 1 aromatic heterocycles. The van der Waals surface area contributed by atoms with Crippen LogP contribution in [0.3, 0.4) is 0 Å². The zero-order valence-electron chi connectivity index (χ0n) is 14.3. The second-order valence-electron chi connectivity index (χ2n) is 6.14. The fourth-order valence-electron chi connectivity index (χ4n) is 2.95. The number of benzene rings is 1. The van der Waals surface area contributed by atoms with Gasteiger partial charge in [0.1, 0.15) is 17.6 Å². The van der Waals surface area contributed by atoms with E-state index < -0.39 is 0 Å². The second-order valence-corrected chi connectivity index (χ2v) is 6.14. The third kappa shape index (κ3) is 3.32. The van der Waals surface area contributed by atoms with Crippen LogP contribution in [0.4, 0.5) is 0 Å². The van der Waals surface area contributed by atoms with Gasteiger partial charge in [0.25, 0.3) is 0 Å². The molecule has 1 aromatic carbocycles. The van der Waals surface area contributed by atoms with Crippen LogP contribution in [0, 0.1) is 6.92 Å². The second kappa shape index (κ2) is 6.59. The molecule has 1 aliphatic heterocycles. The van der Waals surface area contributed by atoms with Gasteiger partial charge in [-0.2, -0.15) is 0 Å². The molecule has 1 fully saturated rings. The van der Waals surface area contributed by atoms with Crippen molar-refractivity contribution in [2.75, 3.05) is 27.2 Å². The lowest BCUT2D eigenvalue weighted by molar-refractivity contribution is 0.0380. The van der Waals surface area contributed by atoms with Crippen LogP contribution >= 0.6 is 0 Å². The van der Waals surface area contributed by atoms with Gasteiger partial charge in [-0.3, -0.25) is 9.88 Å². The van der Waals surface area contributed by atoms with E-state index in [4.69, 9.17) is 9.47 Å². The number of likely N-dealkylation sites (tertiary alicyclic amines) is 1. The largest absolute Gasteiger partial charge is 0.496 e. The summed E-state index contributed by atoms with van der Waals surface area (Å²) in [6.45, 7) is 6.11. The van der Waals surface area contributed by atoms with Crippen molar-refractivity contribution < 1.29 is 9.47 Å². The number of pyridine rings is 1. The molecule has 1 saturated heterocycles. The Balaban J connectivity index is 1.97. The van der Waals surface area contributed by atoms with Gasteiger partial charge in [0.15, 0.2) is 0 Å². The Morgan fingerprint density at radius 1 is 1.22 bits per heavy atom. The lowest BCUT2D eigenvalue weighted by Gasteiger charge is -2.36. The number of hydrogen-bond acceptors (Lipinski definition) is 4. The number of nitrogens with zero attached hydrogens (tertiary/aromatic N) is 2. The highest BCUT2D eigenvalue weighted by molar-refractivity contribution is 5.70. The van der Waals surface area contributed by atoms with Crippen LogP contribution in [0.1, 0.15) is 18.2 Å². The molecular weight excluding hydrogens is 288 g/mol. The summed E-state index contributed by atoms with van der Waals surface area (Å²) < 4.78 is 11.8. The molecule has 0 saturated carbocycles. The van der Waals surface area contributed by atoms with Gasteiger partial charge in [0.2, 0.25) is 0 Å². The molecule has 0 N–H and O–H groups in total. The first-order valence-corrected chi connectivity index (χ1v) is 8.10. The van der Waals surface area contributed by atoms with Gasteiger partial charge < -0.3 is 9.47 Å². The number of aromatic nitrogens is 1. The smallest absolute Gasteiger partial charge is 0.131 e. The van der Waals surface area contributed by atoms with Gasteiger partial charge in [0, 0.05) is 30.4 Å². The minimum atomic E-state index is 0.276. The average molecular weight is 312 g/mol. The molecule has 0 amide bonds. The third-order valence-electron chi connectivity index (χ3n) is 4.25. The lowest BCUT2D eigenvalue weighted by Crippen LogP contribution is -2.51. The van der Waals surface area contributed by atoms with Crippen molar-refractivity contribution in [3.05, 3.63) is 41.6 Å². The Morgan fingerprint density at radius 2 is 2.00 bits per heavy atom. The number of ether oxygens (including phenoxy) is 2. The van der Waals surface area contributed by atoms with Crippen LogP contribution in [0.2, 0.25) is 0 Å². The number of likely N-dealkylation sites (N-methyl/N-ethyl adjacent to an activating group) is 1. The monoisotopic (exact) mass is 312 g/mol. The topological polar surface area (TPSA) is 34.6 Å². The summed E-state index contributed by atoms with van der Waals surface area (Å²) >= 11 is 0. The van der Waals surface area contributed by atoms with Crippen LogP contribution in [0.15, 0.2) is 30.3 Å². The van der Waals surface area contributed by atoms with E-state index in [1.165, 1.54) is 5.56 Å². The van der Waals surface area contributed by atoms with Gasteiger partial charge in [-0.15, -0.1) is 0 Å². The molecule has 0 radical (unpaired) electrons. The molecule has 1 aliphatic rings. The first-order valence-electron chi connectivity index (χ1n) is 8.10. The van der Waals surface area contributed by atoms with E-state index in [9.17, 15) is 0 Å². The van der Waals surface area contributed by atoms with Crippen molar-refractivity contribution in [2.24, 2.45) is 0 Å². The molecule has 3 rings (SSSR count). The Bertz CT molecular complexity index is 694. The van der Waals surface area contributed by atoms with E-state index >= 15 is 0 Å². The van der Waals surface area contributed by atoms with E-state index in [0.29, 0.717) is 0 Å². The summed E-state index contributed by atoms with van der Waals surface area (Å²) in [6, 6.07) is 10.2. The predicted molar refractivity (Wildman–Crippen MR) is 92.3 cm³/mol. The SMILES string of the molecule is CCc1cc(-c2cccc(C)n2)c(OC)cc1OC1CN(C)C1. The van der Waals surface area contributed by atoms with E-state index in [1.54, 1.807) is 7.11 Å². The number of hydrogen-bond donors (Lipinski definition) is 0. The van der Waals surface area contributed by atoms with E-state index in [-0.39, 0.29) is 6.10 Å². The fraction of sp³-hybridized carbons (Fsp3) is 0.421. The summed E-state index contributed by atoms with van der Waals surface area (Å²) in [5.74, 6) is 1.74. The summed E-state index contributed by atoms with van der Waals surface area (Å²) in [5.41, 5.74) is 4.15. The van der Waals surface area contributed by atoms with E-state index in [0.717, 1.165) is 48.0 Å². The molecule has 2 aromatic rings. The number of methoxy groups -OCH3 is 1. The quantitative estimate of drug-likeness (QED) is 0.848. The minimum absolute atomic E-state index is 0.276. The predicted octanol–water partition coefficient (Wildman–Crippen LogP) is 3.32. The highest BCUT2D eigenvalue weighted by Crippen LogP contribution is 2.36. The standard InChI is InChI=1S/C19H24N2O2/c1-5-14-9-16(17-8-6-7-13(2)20-17)19(22-4)10-18(14)23-15-11-21(3)12-15/h6-10,15H,5,11-12H2,1-4H3.